The molecule has 1 saturated heterocycles. The maximum absolute atomic E-state index is 12.6. The van der Waals surface area contributed by atoms with Crippen LogP contribution in [0.25, 0.3) is 0 Å². The van der Waals surface area contributed by atoms with Gasteiger partial charge in [-0.2, -0.15) is 0 Å². The molecule has 1 atom stereocenters. The fraction of sp³-hybridized carbons (Fsp3) is 0.300. The van der Waals surface area contributed by atoms with Gasteiger partial charge in [-0.1, -0.05) is 12.1 Å². The van der Waals surface area contributed by atoms with Crippen LogP contribution in [0.4, 0.5) is 17.1 Å². The van der Waals surface area contributed by atoms with Crippen molar-refractivity contribution in [2.75, 3.05) is 22.1 Å². The molecule has 4 rings (SSSR count). The first-order valence-electron chi connectivity index (χ1n) is 8.64. The van der Waals surface area contributed by atoms with E-state index in [-0.39, 0.29) is 17.9 Å². The summed E-state index contributed by atoms with van der Waals surface area (Å²) in [5.74, 6) is -0.147. The highest BCUT2D eigenvalue weighted by atomic mass is 16.2. The van der Waals surface area contributed by atoms with Crippen molar-refractivity contribution >= 4 is 28.9 Å². The van der Waals surface area contributed by atoms with E-state index in [0.29, 0.717) is 5.56 Å². The zero-order valence-electron chi connectivity index (χ0n) is 14.4. The van der Waals surface area contributed by atoms with Crippen LogP contribution in [0, 0.1) is 13.8 Å². The van der Waals surface area contributed by atoms with Gasteiger partial charge in [-0.3, -0.25) is 9.59 Å². The lowest BCUT2D eigenvalue weighted by atomic mass is 10.1. The molecule has 2 aromatic carbocycles. The highest BCUT2D eigenvalue weighted by Gasteiger charge is 2.36. The highest BCUT2D eigenvalue weighted by Crippen LogP contribution is 2.37. The van der Waals surface area contributed by atoms with E-state index in [1.807, 2.05) is 44.2 Å². The molecule has 0 bridgehead atoms. The average molecular weight is 335 g/mol. The Morgan fingerprint density at radius 1 is 1.24 bits per heavy atom. The molecule has 2 amide bonds. The Morgan fingerprint density at radius 3 is 2.92 bits per heavy atom. The predicted molar refractivity (Wildman–Crippen MR) is 99.3 cm³/mol. The molecular weight excluding hydrogens is 314 g/mol. The smallest absolute Gasteiger partial charge is 0.255 e. The number of carbonyl (C=O) groups excluding carboxylic acids is 2. The Labute approximate surface area is 147 Å². The van der Waals surface area contributed by atoms with E-state index in [4.69, 9.17) is 0 Å². The van der Waals surface area contributed by atoms with Gasteiger partial charge in [0.1, 0.15) is 6.04 Å². The summed E-state index contributed by atoms with van der Waals surface area (Å²) in [7, 11) is 0. The van der Waals surface area contributed by atoms with E-state index in [2.05, 4.69) is 15.5 Å². The normalized spacial score (nSPS) is 18.4. The molecule has 0 unspecified atom stereocenters. The standard InChI is InChI=1S/C20H21N3O2/c1-12-5-3-6-15(13(12)2)21-19(24)14-8-9-17-16(11-14)22-20(25)18-7-4-10-23(17)18/h3,5-6,8-9,11,18H,4,7,10H2,1-2H3,(H,21,24)(H,22,25)/t18-/m0/s1. The number of aryl methyl sites for hydroxylation is 1. The topological polar surface area (TPSA) is 61.4 Å². The molecule has 1 fully saturated rings. The van der Waals surface area contributed by atoms with Crippen LogP contribution in [0.1, 0.15) is 34.3 Å². The average Bonchev–Trinajstić information content (AvgIpc) is 3.09. The van der Waals surface area contributed by atoms with Crippen molar-refractivity contribution in [1.29, 1.82) is 0 Å². The van der Waals surface area contributed by atoms with Gasteiger partial charge in [0.25, 0.3) is 5.91 Å². The van der Waals surface area contributed by atoms with Gasteiger partial charge in [0, 0.05) is 17.8 Å². The van der Waals surface area contributed by atoms with Crippen LogP contribution >= 0.6 is 0 Å². The van der Waals surface area contributed by atoms with E-state index in [1.165, 1.54) is 0 Å². The maximum Gasteiger partial charge on any atom is 0.255 e. The minimum absolute atomic E-state index is 0.0251. The number of carbonyl (C=O) groups is 2. The Kier molecular flexibility index (Phi) is 3.71. The molecule has 0 aromatic heterocycles. The van der Waals surface area contributed by atoms with Crippen molar-refractivity contribution < 1.29 is 9.59 Å². The van der Waals surface area contributed by atoms with Crippen LogP contribution in [0.5, 0.6) is 0 Å². The minimum Gasteiger partial charge on any atom is -0.358 e. The molecular formula is C20H21N3O2. The summed E-state index contributed by atoms with van der Waals surface area (Å²) in [6, 6.07) is 11.3. The van der Waals surface area contributed by atoms with Crippen molar-refractivity contribution in [3.63, 3.8) is 0 Å². The second kappa shape index (κ2) is 5.92. The number of nitrogens with zero attached hydrogens (tertiary/aromatic N) is 1. The maximum atomic E-state index is 12.6. The number of hydrogen-bond acceptors (Lipinski definition) is 3. The van der Waals surface area contributed by atoms with Gasteiger partial charge in [-0.05, 0) is 62.1 Å². The minimum atomic E-state index is -0.172. The van der Waals surface area contributed by atoms with Crippen molar-refractivity contribution in [1.82, 2.24) is 0 Å². The second-order valence-electron chi connectivity index (χ2n) is 6.77. The Bertz CT molecular complexity index is 875. The quantitative estimate of drug-likeness (QED) is 0.883. The number of benzene rings is 2. The third-order valence-electron chi connectivity index (χ3n) is 5.23. The van der Waals surface area contributed by atoms with Crippen LogP contribution in [0.15, 0.2) is 36.4 Å². The van der Waals surface area contributed by atoms with E-state index < -0.39 is 0 Å². The van der Waals surface area contributed by atoms with Crippen LogP contribution in [-0.2, 0) is 4.79 Å². The van der Waals surface area contributed by atoms with Crippen molar-refractivity contribution in [2.24, 2.45) is 0 Å². The number of amides is 2. The number of nitrogens with one attached hydrogen (secondary N) is 2. The summed E-state index contributed by atoms with van der Waals surface area (Å²) < 4.78 is 0. The van der Waals surface area contributed by atoms with Crippen molar-refractivity contribution in [3.8, 4) is 0 Å². The summed E-state index contributed by atoms with van der Waals surface area (Å²) in [6.07, 6.45) is 1.91. The largest absolute Gasteiger partial charge is 0.358 e. The number of hydrogen-bond donors (Lipinski definition) is 2. The van der Waals surface area contributed by atoms with Crippen molar-refractivity contribution in [2.45, 2.75) is 32.7 Å². The molecule has 2 aliphatic heterocycles. The van der Waals surface area contributed by atoms with E-state index >= 15 is 0 Å². The zero-order valence-corrected chi connectivity index (χ0v) is 14.4. The zero-order chi connectivity index (χ0) is 17.6. The van der Waals surface area contributed by atoms with Crippen LogP contribution < -0.4 is 15.5 Å². The van der Waals surface area contributed by atoms with Gasteiger partial charge < -0.3 is 15.5 Å². The summed E-state index contributed by atoms with van der Waals surface area (Å²) in [4.78, 5) is 27.0. The number of fused-ring (bicyclic) bond motifs is 3. The lowest BCUT2D eigenvalue weighted by Crippen LogP contribution is -2.43. The molecule has 0 spiro atoms. The highest BCUT2D eigenvalue weighted by molar-refractivity contribution is 6.09. The molecule has 2 heterocycles. The molecule has 2 aliphatic rings. The first kappa shape index (κ1) is 15.7. The molecule has 5 nitrogen and oxygen atoms in total. The second-order valence-corrected chi connectivity index (χ2v) is 6.77. The number of anilines is 3. The van der Waals surface area contributed by atoms with E-state index in [1.54, 1.807) is 6.07 Å². The monoisotopic (exact) mass is 335 g/mol. The van der Waals surface area contributed by atoms with Gasteiger partial charge in [0.15, 0.2) is 0 Å². The number of rotatable bonds is 2. The lowest BCUT2D eigenvalue weighted by Gasteiger charge is -2.33. The van der Waals surface area contributed by atoms with E-state index in [9.17, 15) is 9.59 Å². The van der Waals surface area contributed by atoms with Gasteiger partial charge >= 0.3 is 0 Å². The van der Waals surface area contributed by atoms with Crippen LogP contribution in [0.2, 0.25) is 0 Å². The molecule has 0 aliphatic carbocycles. The van der Waals surface area contributed by atoms with Crippen LogP contribution in [-0.4, -0.2) is 24.4 Å². The van der Waals surface area contributed by atoms with Gasteiger partial charge in [-0.25, -0.2) is 0 Å². The first-order chi connectivity index (χ1) is 12.0. The van der Waals surface area contributed by atoms with Gasteiger partial charge in [-0.15, -0.1) is 0 Å². The third kappa shape index (κ3) is 2.65. The summed E-state index contributed by atoms with van der Waals surface area (Å²) in [5, 5.41) is 5.92. The Hall–Kier alpha value is -2.82. The van der Waals surface area contributed by atoms with Crippen LogP contribution in [0.3, 0.4) is 0 Å². The molecule has 0 radical (unpaired) electrons. The molecule has 128 valence electrons. The van der Waals surface area contributed by atoms with E-state index in [0.717, 1.165) is 47.6 Å². The Morgan fingerprint density at radius 2 is 2.08 bits per heavy atom. The summed E-state index contributed by atoms with van der Waals surface area (Å²) >= 11 is 0. The van der Waals surface area contributed by atoms with Gasteiger partial charge in [0.05, 0.1) is 11.4 Å². The third-order valence-corrected chi connectivity index (χ3v) is 5.23. The molecule has 25 heavy (non-hydrogen) atoms. The molecule has 5 heteroatoms. The SMILES string of the molecule is Cc1cccc(NC(=O)c2ccc3c(c2)NC(=O)[C@@H]2CCCN32)c1C. The fourth-order valence-electron chi connectivity index (χ4n) is 3.65. The first-order valence-corrected chi connectivity index (χ1v) is 8.64. The van der Waals surface area contributed by atoms with Gasteiger partial charge in [0.2, 0.25) is 5.91 Å². The lowest BCUT2D eigenvalue weighted by molar-refractivity contribution is -0.117. The van der Waals surface area contributed by atoms with Crippen molar-refractivity contribution in [3.05, 3.63) is 53.1 Å². The fourth-order valence-corrected chi connectivity index (χ4v) is 3.65. The predicted octanol–water partition coefficient (Wildman–Crippen LogP) is 3.48. The summed E-state index contributed by atoms with van der Waals surface area (Å²) in [6.45, 7) is 4.90. The molecule has 2 aromatic rings. The Balaban J connectivity index is 1.62. The summed E-state index contributed by atoms with van der Waals surface area (Å²) in [5.41, 5.74) is 5.27. The molecule has 0 saturated carbocycles. The molecule has 2 N–H and O–H groups in total.